The van der Waals surface area contributed by atoms with Crippen molar-refractivity contribution < 1.29 is 0 Å². The molecule has 2 nitrogen and oxygen atoms in total. The third-order valence-corrected chi connectivity index (χ3v) is 17.1. The van der Waals surface area contributed by atoms with E-state index in [1.807, 2.05) is 0 Å². The Balaban J connectivity index is 1.35. The van der Waals surface area contributed by atoms with E-state index in [1.165, 1.54) is 125 Å². The van der Waals surface area contributed by atoms with Crippen molar-refractivity contribution in [1.82, 2.24) is 0 Å². The van der Waals surface area contributed by atoms with Gasteiger partial charge in [0.25, 0.3) is 6.71 Å². The maximum absolute atomic E-state index is 2.73. The lowest BCUT2D eigenvalue weighted by Crippen LogP contribution is -2.62. The van der Waals surface area contributed by atoms with E-state index >= 15 is 0 Å². The topological polar surface area (TPSA) is 6.48 Å². The van der Waals surface area contributed by atoms with Gasteiger partial charge in [-0.3, -0.25) is 0 Å². The molecule has 10 rings (SSSR count). The highest BCUT2D eigenvalue weighted by atomic mass is 15.2. The van der Waals surface area contributed by atoms with E-state index in [1.54, 1.807) is 0 Å². The van der Waals surface area contributed by atoms with Crippen LogP contribution in [-0.2, 0) is 37.9 Å². The first-order chi connectivity index (χ1) is 31.4. The Labute approximate surface area is 412 Å². The lowest BCUT2D eigenvalue weighted by Gasteiger charge is -2.48. The third kappa shape index (κ3) is 7.25. The van der Waals surface area contributed by atoms with Gasteiger partial charge in [0.15, 0.2) is 0 Å². The van der Waals surface area contributed by atoms with Crippen LogP contribution in [-0.4, -0.2) is 6.71 Å². The molecule has 0 fully saturated rings. The maximum atomic E-state index is 2.73. The minimum Gasteiger partial charge on any atom is -0.311 e. The summed E-state index contributed by atoms with van der Waals surface area (Å²) in [5.41, 5.74) is 27.4. The van der Waals surface area contributed by atoms with Gasteiger partial charge in [-0.15, -0.1) is 0 Å². The normalized spacial score (nSPS) is 18.4. The number of hydrogen-bond donors (Lipinski definition) is 0. The number of rotatable bonds is 3. The van der Waals surface area contributed by atoms with Gasteiger partial charge in [-0.05, 0) is 186 Å². The van der Waals surface area contributed by atoms with Crippen LogP contribution in [0.4, 0.5) is 34.1 Å². The zero-order valence-corrected chi connectivity index (χ0v) is 45.3. The van der Waals surface area contributed by atoms with Gasteiger partial charge in [0.05, 0.1) is 5.69 Å². The second-order valence-corrected chi connectivity index (χ2v) is 27.5. The average Bonchev–Trinajstić information content (AvgIpc) is 3.42. The Kier molecular flexibility index (Phi) is 10.1. The van der Waals surface area contributed by atoms with Crippen LogP contribution in [0.5, 0.6) is 0 Å². The summed E-state index contributed by atoms with van der Waals surface area (Å²) in [7, 11) is 0. The molecule has 0 amide bonds. The van der Waals surface area contributed by atoms with Gasteiger partial charge in [-0.25, -0.2) is 0 Å². The number of anilines is 6. The summed E-state index contributed by atoms with van der Waals surface area (Å²) in [4.78, 5) is 5.39. The Morgan fingerprint density at radius 3 is 1.50 bits per heavy atom. The lowest BCUT2D eigenvalue weighted by molar-refractivity contribution is 0.332. The van der Waals surface area contributed by atoms with Crippen LogP contribution in [0, 0.1) is 13.8 Å². The van der Waals surface area contributed by atoms with Gasteiger partial charge < -0.3 is 9.80 Å². The van der Waals surface area contributed by atoms with E-state index in [2.05, 4.69) is 238 Å². The molecule has 2 aliphatic heterocycles. The lowest BCUT2D eigenvalue weighted by atomic mass is 9.33. The van der Waals surface area contributed by atoms with Crippen molar-refractivity contribution in [2.24, 2.45) is 0 Å². The van der Waals surface area contributed by atoms with Crippen LogP contribution in [0.15, 0.2) is 97.1 Å². The molecule has 0 bridgehead atoms. The van der Waals surface area contributed by atoms with Crippen molar-refractivity contribution in [3.63, 3.8) is 0 Å². The largest absolute Gasteiger partial charge is 0.311 e. The molecule has 0 atom stereocenters. The fraction of sp³-hybridized carbons (Fsp3) is 0.446. The minimum absolute atomic E-state index is 0.00353. The number of nitrogens with zero attached hydrogens (tertiary/aromatic N) is 2. The molecule has 0 spiro atoms. The van der Waals surface area contributed by atoms with Crippen LogP contribution in [0.25, 0.3) is 11.1 Å². The highest BCUT2D eigenvalue weighted by Crippen LogP contribution is 2.54. The van der Waals surface area contributed by atoms with Gasteiger partial charge in [-0.2, -0.15) is 0 Å². The molecule has 4 aliphatic rings. The van der Waals surface area contributed by atoms with Crippen molar-refractivity contribution in [3.8, 4) is 11.1 Å². The van der Waals surface area contributed by atoms with Gasteiger partial charge in [0.2, 0.25) is 0 Å². The standard InChI is InChI=1S/C65H79BN2/c1-39-30-56-58-57(31-39)68(53-34-43(60(6,7)8)22-20-40(53)2)54-35-44(61(9,10)11)23-26-50(54)66(58)51-36-48-49(63(14,15)29-28-62(48,12)13)37-55(51)67(56)52-27-24-42(59(3,4)5)33-45(52)41-21-25-46-47(32-41)65(18,19)38-64(46,16)17/h20-27,30-37H,28-29,38H2,1-19H3. The molecule has 3 heteroatoms. The van der Waals surface area contributed by atoms with Crippen LogP contribution in [0.1, 0.15) is 187 Å². The number of aryl methyl sites for hydroxylation is 2. The second-order valence-electron chi connectivity index (χ2n) is 27.5. The van der Waals surface area contributed by atoms with E-state index in [0.29, 0.717) is 0 Å². The summed E-state index contributed by atoms with van der Waals surface area (Å²) in [6.45, 7) is 45.6. The molecule has 0 unspecified atom stereocenters. The first-order valence-corrected chi connectivity index (χ1v) is 25.9. The molecule has 0 saturated heterocycles. The van der Waals surface area contributed by atoms with Crippen LogP contribution in [0.2, 0.25) is 0 Å². The van der Waals surface area contributed by atoms with Crippen molar-refractivity contribution in [1.29, 1.82) is 0 Å². The molecule has 6 aromatic carbocycles. The summed E-state index contributed by atoms with van der Waals surface area (Å²) in [6.07, 6.45) is 3.49. The van der Waals surface area contributed by atoms with Gasteiger partial charge >= 0.3 is 0 Å². The predicted molar refractivity (Wildman–Crippen MR) is 297 cm³/mol. The fourth-order valence-corrected chi connectivity index (χ4v) is 13.1. The number of benzene rings is 6. The molecule has 2 heterocycles. The molecule has 0 saturated carbocycles. The summed E-state index contributed by atoms with van der Waals surface area (Å²) in [6, 6.07) is 40.0. The minimum atomic E-state index is -0.0249. The van der Waals surface area contributed by atoms with Crippen LogP contribution < -0.4 is 26.2 Å². The summed E-state index contributed by atoms with van der Waals surface area (Å²) >= 11 is 0. The van der Waals surface area contributed by atoms with Crippen LogP contribution >= 0.6 is 0 Å². The molecular formula is C65H79BN2. The van der Waals surface area contributed by atoms with Crippen molar-refractivity contribution in [3.05, 3.63) is 147 Å². The van der Waals surface area contributed by atoms with E-state index < -0.39 is 0 Å². The Morgan fingerprint density at radius 2 is 0.897 bits per heavy atom. The molecular weight excluding hydrogens is 820 g/mol. The van der Waals surface area contributed by atoms with E-state index in [4.69, 9.17) is 0 Å². The van der Waals surface area contributed by atoms with Gasteiger partial charge in [0, 0.05) is 34.0 Å². The SMILES string of the molecule is Cc1cc2c3c(c1)N(c1ccc(C(C)(C)C)cc1-c1ccc4c(c1)C(C)(C)CC4(C)C)c1cc4c(cc1B3c1ccc(C(C)(C)C)cc1N2c1cc(C(C)(C)C)ccc1C)C(C)(C)CCC4(C)C. The Bertz CT molecular complexity index is 3080. The number of hydrogen-bond acceptors (Lipinski definition) is 2. The highest BCUT2D eigenvalue weighted by molar-refractivity contribution is 7.00. The zero-order valence-electron chi connectivity index (χ0n) is 45.3. The van der Waals surface area contributed by atoms with Gasteiger partial charge in [-0.1, -0.05) is 172 Å². The quantitative estimate of drug-likeness (QED) is 0.163. The number of fused-ring (bicyclic) bond motifs is 6. The van der Waals surface area contributed by atoms with Crippen molar-refractivity contribution >= 4 is 57.2 Å². The maximum Gasteiger partial charge on any atom is 0.252 e. The van der Waals surface area contributed by atoms with Crippen molar-refractivity contribution in [2.75, 3.05) is 9.80 Å². The Morgan fingerprint density at radius 1 is 0.412 bits per heavy atom. The van der Waals surface area contributed by atoms with Gasteiger partial charge in [0.1, 0.15) is 0 Å². The highest BCUT2D eigenvalue weighted by Gasteiger charge is 2.48. The summed E-state index contributed by atoms with van der Waals surface area (Å²) in [5, 5.41) is 0. The molecule has 0 N–H and O–H groups in total. The predicted octanol–water partition coefficient (Wildman–Crippen LogP) is 16.3. The first kappa shape index (κ1) is 46.7. The third-order valence-electron chi connectivity index (χ3n) is 17.1. The zero-order chi connectivity index (χ0) is 49.2. The summed E-state index contributed by atoms with van der Waals surface area (Å²) in [5.74, 6) is 0. The molecule has 68 heavy (non-hydrogen) atoms. The summed E-state index contributed by atoms with van der Waals surface area (Å²) < 4.78 is 0. The average molecular weight is 899 g/mol. The molecule has 6 aromatic rings. The second kappa shape index (κ2) is 14.8. The van der Waals surface area contributed by atoms with Crippen LogP contribution in [0.3, 0.4) is 0 Å². The van der Waals surface area contributed by atoms with E-state index in [0.717, 1.165) is 6.42 Å². The molecule has 2 aliphatic carbocycles. The monoisotopic (exact) mass is 899 g/mol. The smallest absolute Gasteiger partial charge is 0.252 e. The molecule has 352 valence electrons. The molecule has 0 radical (unpaired) electrons. The van der Waals surface area contributed by atoms with Crippen molar-refractivity contribution in [2.45, 2.75) is 189 Å². The molecule has 0 aromatic heterocycles. The van der Waals surface area contributed by atoms with E-state index in [-0.39, 0.29) is 44.6 Å². The fourth-order valence-electron chi connectivity index (χ4n) is 13.1. The first-order valence-electron chi connectivity index (χ1n) is 25.9. The Hall–Kier alpha value is -5.02. The van der Waals surface area contributed by atoms with E-state index in [9.17, 15) is 0 Å².